The summed E-state index contributed by atoms with van der Waals surface area (Å²) >= 11 is 13.5. The number of rotatable bonds is 1. The number of hydrogen-bond donors (Lipinski definition) is 1. The maximum Gasteiger partial charge on any atom is 0.160 e. The minimum Gasteiger partial charge on any atom is -0.333 e. The molecule has 0 saturated heterocycles. The van der Waals surface area contributed by atoms with Gasteiger partial charge in [0.25, 0.3) is 0 Å². The van der Waals surface area contributed by atoms with Crippen LogP contribution >= 0.6 is 47.4 Å². The van der Waals surface area contributed by atoms with Gasteiger partial charge in [0.15, 0.2) is 5.17 Å². The molecule has 0 heterocycles. The maximum atomic E-state index is 5.98. The molecule has 0 aromatic heterocycles. The zero-order valence-electron chi connectivity index (χ0n) is 8.25. The second-order valence-electron chi connectivity index (χ2n) is 2.45. The Morgan fingerprint density at radius 3 is 2.27 bits per heavy atom. The second-order valence-corrected chi connectivity index (χ2v) is 4.06. The van der Waals surface area contributed by atoms with Crippen LogP contribution in [0.25, 0.3) is 0 Å². The average Bonchev–Trinajstić information content (AvgIpc) is 2.18. The first-order chi connectivity index (χ1) is 6.69. The summed E-state index contributed by atoms with van der Waals surface area (Å²) in [4.78, 5) is 4.04. The van der Waals surface area contributed by atoms with Crippen molar-refractivity contribution in [3.8, 4) is 0 Å². The predicted octanol–water partition coefficient (Wildman–Crippen LogP) is 4.18. The Bertz CT molecular complexity index is 335. The summed E-state index contributed by atoms with van der Waals surface area (Å²) in [7, 11) is 1.71. The van der Waals surface area contributed by atoms with E-state index in [1.54, 1.807) is 25.2 Å². The van der Waals surface area contributed by atoms with Gasteiger partial charge in [-0.1, -0.05) is 41.0 Å². The van der Waals surface area contributed by atoms with Gasteiger partial charge in [-0.15, -0.1) is 12.4 Å². The summed E-state index contributed by atoms with van der Waals surface area (Å²) in [6.07, 6.45) is 1.93. The van der Waals surface area contributed by atoms with Crippen molar-refractivity contribution in [1.82, 2.24) is 0 Å². The zero-order chi connectivity index (χ0) is 10.6. The summed E-state index contributed by atoms with van der Waals surface area (Å²) in [5.74, 6) is 0. The fraction of sp³-hybridized carbons (Fsp3) is 0.222. The van der Waals surface area contributed by atoms with Gasteiger partial charge in [0.2, 0.25) is 0 Å². The minimum absolute atomic E-state index is 0. The molecule has 1 N–H and O–H groups in total. The first-order valence-corrected chi connectivity index (χ1v) is 5.89. The molecule has 84 valence electrons. The van der Waals surface area contributed by atoms with Gasteiger partial charge in [-0.25, -0.2) is 0 Å². The normalized spacial score (nSPS) is 10.8. The van der Waals surface area contributed by atoms with E-state index < -0.39 is 0 Å². The molecule has 0 bridgehead atoms. The van der Waals surface area contributed by atoms with Crippen molar-refractivity contribution in [3.63, 3.8) is 0 Å². The summed E-state index contributed by atoms with van der Waals surface area (Å²) in [6.45, 7) is 0. The Morgan fingerprint density at radius 2 is 1.87 bits per heavy atom. The van der Waals surface area contributed by atoms with Crippen LogP contribution in [0.4, 0.5) is 5.69 Å². The molecule has 0 amide bonds. The molecule has 0 spiro atoms. The number of anilines is 1. The molecule has 1 rings (SSSR count). The van der Waals surface area contributed by atoms with E-state index in [4.69, 9.17) is 23.2 Å². The molecular formula is C9H11Cl3N2S. The van der Waals surface area contributed by atoms with E-state index in [9.17, 15) is 0 Å². The molecule has 0 aliphatic heterocycles. The first kappa shape index (κ1) is 14.9. The Labute approximate surface area is 110 Å². The lowest BCUT2D eigenvalue weighted by atomic mass is 10.3. The van der Waals surface area contributed by atoms with Gasteiger partial charge in [-0.05, 0) is 18.4 Å². The fourth-order valence-corrected chi connectivity index (χ4v) is 1.80. The molecule has 0 aliphatic rings. The highest BCUT2D eigenvalue weighted by molar-refractivity contribution is 8.13. The Morgan fingerprint density at radius 1 is 1.33 bits per heavy atom. The number of nitrogens with zero attached hydrogens (tertiary/aromatic N) is 1. The summed E-state index contributed by atoms with van der Waals surface area (Å²) in [6, 6.07) is 5.37. The monoisotopic (exact) mass is 284 g/mol. The largest absolute Gasteiger partial charge is 0.333 e. The third kappa shape index (κ3) is 4.11. The highest BCUT2D eigenvalue weighted by Gasteiger charge is 2.06. The third-order valence-corrected chi connectivity index (χ3v) is 2.89. The van der Waals surface area contributed by atoms with E-state index in [-0.39, 0.29) is 12.4 Å². The van der Waals surface area contributed by atoms with Crippen LogP contribution in [0, 0.1) is 0 Å². The summed E-state index contributed by atoms with van der Waals surface area (Å²) < 4.78 is 0. The van der Waals surface area contributed by atoms with Gasteiger partial charge in [0.05, 0.1) is 15.7 Å². The van der Waals surface area contributed by atoms with Crippen molar-refractivity contribution in [2.24, 2.45) is 4.99 Å². The van der Waals surface area contributed by atoms with Crippen molar-refractivity contribution < 1.29 is 0 Å². The molecule has 0 atom stereocenters. The van der Waals surface area contributed by atoms with E-state index >= 15 is 0 Å². The van der Waals surface area contributed by atoms with Gasteiger partial charge >= 0.3 is 0 Å². The number of halogens is 3. The molecule has 0 fully saturated rings. The van der Waals surface area contributed by atoms with Crippen LogP contribution in [-0.2, 0) is 0 Å². The smallest absolute Gasteiger partial charge is 0.160 e. The second kappa shape index (κ2) is 7.23. The van der Waals surface area contributed by atoms with Gasteiger partial charge in [-0.2, -0.15) is 0 Å². The van der Waals surface area contributed by atoms with Crippen molar-refractivity contribution in [3.05, 3.63) is 28.2 Å². The fourth-order valence-electron chi connectivity index (χ4n) is 0.922. The van der Waals surface area contributed by atoms with Crippen LogP contribution in [0.3, 0.4) is 0 Å². The molecule has 15 heavy (non-hydrogen) atoms. The summed E-state index contributed by atoms with van der Waals surface area (Å²) in [5.41, 5.74) is 0.700. The topological polar surface area (TPSA) is 24.4 Å². The number of nitrogens with one attached hydrogen (secondary N) is 1. The summed E-state index contributed by atoms with van der Waals surface area (Å²) in [5, 5.41) is 5.02. The van der Waals surface area contributed by atoms with Crippen LogP contribution in [0.5, 0.6) is 0 Å². The zero-order valence-corrected chi connectivity index (χ0v) is 11.4. The molecule has 1 aromatic carbocycles. The van der Waals surface area contributed by atoms with Gasteiger partial charge in [-0.3, -0.25) is 4.99 Å². The number of hydrogen-bond acceptors (Lipinski definition) is 2. The SMILES string of the molecule is CN=C(Nc1c(Cl)cccc1Cl)SC.Cl. The average molecular weight is 286 g/mol. The van der Waals surface area contributed by atoms with Gasteiger partial charge < -0.3 is 5.32 Å². The maximum absolute atomic E-state index is 5.98. The quantitative estimate of drug-likeness (QED) is 0.618. The third-order valence-electron chi connectivity index (χ3n) is 1.59. The Balaban J connectivity index is 0.00000196. The van der Waals surface area contributed by atoms with Crippen LogP contribution in [0.2, 0.25) is 10.0 Å². The van der Waals surface area contributed by atoms with Crippen LogP contribution < -0.4 is 5.32 Å². The van der Waals surface area contributed by atoms with E-state index in [0.29, 0.717) is 15.7 Å². The highest BCUT2D eigenvalue weighted by Crippen LogP contribution is 2.30. The first-order valence-electron chi connectivity index (χ1n) is 3.91. The van der Waals surface area contributed by atoms with E-state index in [0.717, 1.165) is 5.17 Å². The predicted molar refractivity (Wildman–Crippen MR) is 74.2 cm³/mol. The van der Waals surface area contributed by atoms with Gasteiger partial charge in [0, 0.05) is 7.05 Å². The number of amidine groups is 1. The Kier molecular flexibility index (Phi) is 7.18. The lowest BCUT2D eigenvalue weighted by Crippen LogP contribution is -2.07. The lowest BCUT2D eigenvalue weighted by molar-refractivity contribution is 1.45. The standard InChI is InChI=1S/C9H10Cl2N2S.ClH/c1-12-9(14-2)13-8-6(10)4-3-5-7(8)11;/h3-5H,1-2H3,(H,12,13);1H. The van der Waals surface area contributed by atoms with Crippen LogP contribution in [0.1, 0.15) is 0 Å². The van der Waals surface area contributed by atoms with E-state index in [1.807, 2.05) is 6.26 Å². The molecule has 1 aromatic rings. The van der Waals surface area contributed by atoms with Crippen LogP contribution in [-0.4, -0.2) is 18.5 Å². The van der Waals surface area contributed by atoms with E-state index in [2.05, 4.69) is 10.3 Å². The molecule has 0 radical (unpaired) electrons. The number of benzene rings is 1. The van der Waals surface area contributed by atoms with E-state index in [1.165, 1.54) is 11.8 Å². The Hall–Kier alpha value is -0.0900. The lowest BCUT2D eigenvalue weighted by Gasteiger charge is -2.09. The van der Waals surface area contributed by atoms with Crippen molar-refractivity contribution in [1.29, 1.82) is 0 Å². The molecule has 0 aliphatic carbocycles. The van der Waals surface area contributed by atoms with Crippen molar-refractivity contribution >= 4 is 58.2 Å². The van der Waals surface area contributed by atoms with Crippen molar-refractivity contribution in [2.45, 2.75) is 0 Å². The minimum atomic E-state index is 0. The molecule has 0 saturated carbocycles. The van der Waals surface area contributed by atoms with Gasteiger partial charge in [0.1, 0.15) is 0 Å². The molecular weight excluding hydrogens is 275 g/mol. The highest BCUT2D eigenvalue weighted by atomic mass is 35.5. The number of thioether (sulfide) groups is 1. The van der Waals surface area contributed by atoms with Crippen LogP contribution in [0.15, 0.2) is 23.2 Å². The number of aliphatic imine (C=N–C) groups is 1. The molecule has 2 nitrogen and oxygen atoms in total. The molecule has 6 heteroatoms. The van der Waals surface area contributed by atoms with Crippen molar-refractivity contribution in [2.75, 3.05) is 18.6 Å². The number of para-hydroxylation sites is 1. The molecule has 0 unspecified atom stereocenters.